The fourth-order valence-electron chi connectivity index (χ4n) is 1.11. The van der Waals surface area contributed by atoms with Crippen LogP contribution in [0, 0.1) is 5.41 Å². The third-order valence-corrected chi connectivity index (χ3v) is 2.35. The summed E-state index contributed by atoms with van der Waals surface area (Å²) in [5, 5.41) is 35.8. The summed E-state index contributed by atoms with van der Waals surface area (Å²) in [5.74, 6) is 0. The molecular formula is C8H18O4. The Labute approximate surface area is 72.5 Å². The molecule has 0 saturated heterocycles. The molecule has 0 aromatic heterocycles. The Kier molecular flexibility index (Phi) is 5.41. The molecule has 0 aromatic carbocycles. The van der Waals surface area contributed by atoms with Gasteiger partial charge in [0.25, 0.3) is 0 Å². The van der Waals surface area contributed by atoms with E-state index in [2.05, 4.69) is 0 Å². The van der Waals surface area contributed by atoms with E-state index in [1.807, 2.05) is 0 Å². The lowest BCUT2D eigenvalue weighted by Gasteiger charge is -2.32. The van der Waals surface area contributed by atoms with E-state index in [1.54, 1.807) is 0 Å². The standard InChI is InChI=1S/C8H18O4/c1-7(12)8(5-10,6-11)3-2-4-9/h7,9-12H,2-6H2,1H3. The van der Waals surface area contributed by atoms with Crippen LogP contribution < -0.4 is 0 Å². The molecule has 0 rings (SSSR count). The van der Waals surface area contributed by atoms with Gasteiger partial charge in [-0.1, -0.05) is 0 Å². The summed E-state index contributed by atoms with van der Waals surface area (Å²) in [6, 6.07) is 0. The van der Waals surface area contributed by atoms with Crippen molar-refractivity contribution in [2.45, 2.75) is 25.9 Å². The molecule has 0 saturated carbocycles. The van der Waals surface area contributed by atoms with Crippen molar-refractivity contribution in [2.75, 3.05) is 19.8 Å². The smallest absolute Gasteiger partial charge is 0.0612 e. The number of hydrogen-bond acceptors (Lipinski definition) is 4. The molecule has 0 aliphatic carbocycles. The fraction of sp³-hybridized carbons (Fsp3) is 1.00. The average molecular weight is 178 g/mol. The maximum Gasteiger partial charge on any atom is 0.0612 e. The molecule has 1 atom stereocenters. The van der Waals surface area contributed by atoms with Crippen LogP contribution in [0.25, 0.3) is 0 Å². The Hall–Kier alpha value is -0.160. The first-order valence-corrected chi connectivity index (χ1v) is 4.13. The minimum Gasteiger partial charge on any atom is -0.396 e. The van der Waals surface area contributed by atoms with Crippen LogP contribution in [0.2, 0.25) is 0 Å². The molecule has 0 aliphatic heterocycles. The molecule has 0 aromatic rings. The molecule has 4 nitrogen and oxygen atoms in total. The molecule has 0 bridgehead atoms. The first kappa shape index (κ1) is 11.8. The van der Waals surface area contributed by atoms with E-state index in [-0.39, 0.29) is 19.8 Å². The van der Waals surface area contributed by atoms with Crippen LogP contribution in [0.4, 0.5) is 0 Å². The van der Waals surface area contributed by atoms with Gasteiger partial charge >= 0.3 is 0 Å². The summed E-state index contributed by atoms with van der Waals surface area (Å²) in [5.41, 5.74) is -0.858. The molecule has 0 fully saturated rings. The first-order chi connectivity index (χ1) is 5.63. The molecule has 74 valence electrons. The van der Waals surface area contributed by atoms with Crippen molar-refractivity contribution in [1.29, 1.82) is 0 Å². The predicted octanol–water partition coefficient (Wildman–Crippen LogP) is -0.889. The van der Waals surface area contributed by atoms with Crippen LogP contribution in [0.5, 0.6) is 0 Å². The highest BCUT2D eigenvalue weighted by atomic mass is 16.3. The van der Waals surface area contributed by atoms with Gasteiger partial charge in [0.15, 0.2) is 0 Å². The predicted molar refractivity (Wildman–Crippen MR) is 44.6 cm³/mol. The Morgan fingerprint density at radius 2 is 1.67 bits per heavy atom. The monoisotopic (exact) mass is 178 g/mol. The summed E-state index contributed by atoms with van der Waals surface area (Å²) in [4.78, 5) is 0. The van der Waals surface area contributed by atoms with E-state index in [0.29, 0.717) is 12.8 Å². The minimum atomic E-state index is -0.858. The van der Waals surface area contributed by atoms with E-state index in [1.165, 1.54) is 6.92 Å². The Bertz CT molecular complexity index is 110. The molecular weight excluding hydrogens is 160 g/mol. The van der Waals surface area contributed by atoms with Crippen LogP contribution in [-0.4, -0.2) is 46.4 Å². The third kappa shape index (κ3) is 2.71. The topological polar surface area (TPSA) is 80.9 Å². The van der Waals surface area contributed by atoms with Crippen molar-refractivity contribution in [3.05, 3.63) is 0 Å². The van der Waals surface area contributed by atoms with Crippen LogP contribution >= 0.6 is 0 Å². The highest BCUT2D eigenvalue weighted by Crippen LogP contribution is 2.26. The van der Waals surface area contributed by atoms with Crippen LogP contribution in [0.3, 0.4) is 0 Å². The van der Waals surface area contributed by atoms with Gasteiger partial charge < -0.3 is 20.4 Å². The Morgan fingerprint density at radius 1 is 1.17 bits per heavy atom. The van der Waals surface area contributed by atoms with Gasteiger partial charge in [0.2, 0.25) is 0 Å². The molecule has 4 heteroatoms. The molecule has 4 N–H and O–H groups in total. The Morgan fingerprint density at radius 3 is 1.92 bits per heavy atom. The van der Waals surface area contributed by atoms with Crippen LogP contribution in [0.15, 0.2) is 0 Å². The fourth-order valence-corrected chi connectivity index (χ4v) is 1.11. The van der Waals surface area contributed by atoms with E-state index >= 15 is 0 Å². The normalized spacial score (nSPS) is 14.8. The second kappa shape index (κ2) is 5.48. The van der Waals surface area contributed by atoms with Crippen molar-refractivity contribution in [1.82, 2.24) is 0 Å². The maximum absolute atomic E-state index is 9.29. The molecule has 0 amide bonds. The minimum absolute atomic E-state index is 0.00840. The van der Waals surface area contributed by atoms with E-state index < -0.39 is 11.5 Å². The van der Waals surface area contributed by atoms with Crippen molar-refractivity contribution in [3.8, 4) is 0 Å². The summed E-state index contributed by atoms with van der Waals surface area (Å²) < 4.78 is 0. The molecule has 0 heterocycles. The molecule has 12 heavy (non-hydrogen) atoms. The van der Waals surface area contributed by atoms with Gasteiger partial charge in [-0.15, -0.1) is 0 Å². The van der Waals surface area contributed by atoms with Gasteiger partial charge in [-0.05, 0) is 19.8 Å². The third-order valence-electron chi connectivity index (χ3n) is 2.35. The van der Waals surface area contributed by atoms with E-state index in [0.717, 1.165) is 0 Å². The first-order valence-electron chi connectivity index (χ1n) is 4.13. The highest BCUT2D eigenvalue weighted by molar-refractivity contribution is 4.82. The lowest BCUT2D eigenvalue weighted by atomic mass is 9.80. The van der Waals surface area contributed by atoms with Gasteiger partial charge in [0.05, 0.1) is 19.3 Å². The SMILES string of the molecule is CC(O)C(CO)(CO)CCCO. The van der Waals surface area contributed by atoms with Crippen LogP contribution in [-0.2, 0) is 0 Å². The van der Waals surface area contributed by atoms with Crippen molar-refractivity contribution < 1.29 is 20.4 Å². The van der Waals surface area contributed by atoms with Gasteiger partial charge in [0, 0.05) is 12.0 Å². The number of rotatable bonds is 6. The highest BCUT2D eigenvalue weighted by Gasteiger charge is 2.33. The van der Waals surface area contributed by atoms with Crippen LogP contribution in [0.1, 0.15) is 19.8 Å². The lowest BCUT2D eigenvalue weighted by molar-refractivity contribution is -0.0522. The van der Waals surface area contributed by atoms with Gasteiger partial charge in [0.1, 0.15) is 0 Å². The van der Waals surface area contributed by atoms with Crippen molar-refractivity contribution in [2.24, 2.45) is 5.41 Å². The summed E-state index contributed by atoms with van der Waals surface area (Å²) in [6.45, 7) is 1.01. The van der Waals surface area contributed by atoms with Crippen molar-refractivity contribution in [3.63, 3.8) is 0 Å². The number of aliphatic hydroxyl groups excluding tert-OH is 4. The number of aliphatic hydroxyl groups is 4. The maximum atomic E-state index is 9.29. The van der Waals surface area contributed by atoms with Gasteiger partial charge in [-0.25, -0.2) is 0 Å². The van der Waals surface area contributed by atoms with E-state index in [9.17, 15) is 5.11 Å². The molecule has 0 aliphatic rings. The number of hydrogen-bond donors (Lipinski definition) is 4. The second-order valence-electron chi connectivity index (χ2n) is 3.18. The van der Waals surface area contributed by atoms with Gasteiger partial charge in [-0.3, -0.25) is 0 Å². The molecule has 0 spiro atoms. The summed E-state index contributed by atoms with van der Waals surface area (Å²) in [6.07, 6.45) is 0.138. The second-order valence-corrected chi connectivity index (χ2v) is 3.18. The van der Waals surface area contributed by atoms with Gasteiger partial charge in [-0.2, -0.15) is 0 Å². The van der Waals surface area contributed by atoms with E-state index in [4.69, 9.17) is 15.3 Å². The summed E-state index contributed by atoms with van der Waals surface area (Å²) >= 11 is 0. The quantitative estimate of drug-likeness (QED) is 0.425. The average Bonchev–Trinajstić information content (AvgIpc) is 2.07. The summed E-state index contributed by atoms with van der Waals surface area (Å²) in [7, 11) is 0. The molecule has 0 radical (unpaired) electrons. The largest absolute Gasteiger partial charge is 0.396 e. The Balaban J connectivity index is 4.15. The zero-order chi connectivity index (χ0) is 9.61. The zero-order valence-corrected chi connectivity index (χ0v) is 7.40. The molecule has 1 unspecified atom stereocenters. The zero-order valence-electron chi connectivity index (χ0n) is 7.40. The lowest BCUT2D eigenvalue weighted by Crippen LogP contribution is -2.40. The van der Waals surface area contributed by atoms with Crippen molar-refractivity contribution >= 4 is 0 Å².